The first kappa shape index (κ1) is 17.7. The topological polar surface area (TPSA) is 75.4 Å². The minimum absolute atomic E-state index is 0.270. The van der Waals surface area contributed by atoms with Crippen molar-refractivity contribution < 1.29 is 13.5 Å². The zero-order valence-corrected chi connectivity index (χ0v) is 14.9. The van der Waals surface area contributed by atoms with Crippen LogP contribution in [0, 0.1) is 0 Å². The first-order valence-electron chi connectivity index (χ1n) is 7.76. The van der Waals surface area contributed by atoms with Gasteiger partial charge in [0.15, 0.2) is 0 Å². The number of ether oxygens (including phenoxy) is 1. The van der Waals surface area contributed by atoms with Crippen LogP contribution in [0.25, 0.3) is 10.8 Å². The number of rotatable bonds is 6. The van der Waals surface area contributed by atoms with E-state index in [0.29, 0.717) is 28.4 Å². The zero-order chi connectivity index (χ0) is 17.8. The van der Waals surface area contributed by atoms with Crippen molar-refractivity contribution in [2.75, 3.05) is 18.2 Å². The van der Waals surface area contributed by atoms with Gasteiger partial charge in [0.25, 0.3) is 0 Å². The SMILES string of the molecule is Nc1cccc(OCCCl)c1C(c1cccc2ccccc12)S(=O)[O-]. The van der Waals surface area contributed by atoms with Crippen molar-refractivity contribution in [3.05, 3.63) is 71.8 Å². The second-order valence-corrected chi connectivity index (χ2v) is 6.88. The van der Waals surface area contributed by atoms with Crippen LogP contribution in [0.4, 0.5) is 5.69 Å². The van der Waals surface area contributed by atoms with Gasteiger partial charge in [-0.25, -0.2) is 0 Å². The molecular formula is C19H17ClNO3S-. The number of nitrogen functional groups attached to an aromatic ring is 1. The van der Waals surface area contributed by atoms with Gasteiger partial charge in [0.1, 0.15) is 12.4 Å². The lowest BCUT2D eigenvalue weighted by Gasteiger charge is -2.25. The first-order chi connectivity index (χ1) is 12.1. The van der Waals surface area contributed by atoms with Crippen molar-refractivity contribution >= 4 is 39.1 Å². The lowest BCUT2D eigenvalue weighted by molar-refractivity contribution is 0.339. The highest BCUT2D eigenvalue weighted by Gasteiger charge is 2.24. The fourth-order valence-electron chi connectivity index (χ4n) is 2.95. The van der Waals surface area contributed by atoms with Gasteiger partial charge >= 0.3 is 0 Å². The Morgan fingerprint density at radius 3 is 2.56 bits per heavy atom. The van der Waals surface area contributed by atoms with Crippen LogP contribution in [0.3, 0.4) is 0 Å². The summed E-state index contributed by atoms with van der Waals surface area (Å²) >= 11 is 3.27. The fourth-order valence-corrected chi connectivity index (χ4v) is 3.89. The van der Waals surface area contributed by atoms with Gasteiger partial charge in [-0.3, -0.25) is 4.21 Å². The highest BCUT2D eigenvalue weighted by molar-refractivity contribution is 7.79. The molecule has 3 aromatic carbocycles. The van der Waals surface area contributed by atoms with E-state index in [1.165, 1.54) is 0 Å². The highest BCUT2D eigenvalue weighted by atomic mass is 35.5. The number of hydrogen-bond acceptors (Lipinski definition) is 4. The van der Waals surface area contributed by atoms with Gasteiger partial charge in [0, 0.05) is 11.3 Å². The van der Waals surface area contributed by atoms with Crippen LogP contribution in [-0.4, -0.2) is 21.2 Å². The summed E-state index contributed by atoms with van der Waals surface area (Å²) in [7, 11) is 0. The average molecular weight is 375 g/mol. The number of alkyl halides is 1. The van der Waals surface area contributed by atoms with Crippen LogP contribution in [-0.2, 0) is 11.1 Å². The summed E-state index contributed by atoms with van der Waals surface area (Å²) in [6.45, 7) is 0.270. The lowest BCUT2D eigenvalue weighted by Crippen LogP contribution is -2.13. The summed E-state index contributed by atoms with van der Waals surface area (Å²) in [4.78, 5) is 0. The maximum Gasteiger partial charge on any atom is 0.126 e. The zero-order valence-electron chi connectivity index (χ0n) is 13.4. The Morgan fingerprint density at radius 2 is 1.80 bits per heavy atom. The highest BCUT2D eigenvalue weighted by Crippen LogP contribution is 2.40. The Bertz CT molecular complexity index is 911. The summed E-state index contributed by atoms with van der Waals surface area (Å²) < 4.78 is 30.0. The molecule has 0 aliphatic heterocycles. The molecular weight excluding hydrogens is 358 g/mol. The van der Waals surface area contributed by atoms with Crippen molar-refractivity contribution in [2.45, 2.75) is 5.25 Å². The van der Waals surface area contributed by atoms with Gasteiger partial charge in [-0.2, -0.15) is 0 Å². The molecule has 0 aromatic heterocycles. The smallest absolute Gasteiger partial charge is 0.126 e. The van der Waals surface area contributed by atoms with E-state index in [2.05, 4.69) is 0 Å². The molecule has 6 heteroatoms. The molecule has 2 unspecified atom stereocenters. The number of hydrogen-bond donors (Lipinski definition) is 1. The average Bonchev–Trinajstić information content (AvgIpc) is 2.62. The maximum atomic E-state index is 12.2. The molecule has 2 N–H and O–H groups in total. The molecule has 130 valence electrons. The van der Waals surface area contributed by atoms with Crippen molar-refractivity contribution in [2.24, 2.45) is 0 Å². The molecule has 0 spiro atoms. The van der Waals surface area contributed by atoms with E-state index in [0.717, 1.165) is 10.8 Å². The molecule has 0 bridgehead atoms. The molecule has 0 heterocycles. The molecule has 0 amide bonds. The van der Waals surface area contributed by atoms with E-state index in [1.54, 1.807) is 24.3 Å². The van der Waals surface area contributed by atoms with Crippen molar-refractivity contribution in [1.82, 2.24) is 0 Å². The second-order valence-electron chi connectivity index (χ2n) is 5.51. The predicted molar refractivity (Wildman–Crippen MR) is 102 cm³/mol. The molecule has 4 nitrogen and oxygen atoms in total. The van der Waals surface area contributed by atoms with E-state index in [1.807, 2.05) is 36.4 Å². The minimum atomic E-state index is -2.43. The van der Waals surface area contributed by atoms with Crippen molar-refractivity contribution in [1.29, 1.82) is 0 Å². The fraction of sp³-hybridized carbons (Fsp3) is 0.158. The molecule has 3 rings (SSSR count). The number of nitrogens with two attached hydrogens (primary N) is 1. The summed E-state index contributed by atoms with van der Waals surface area (Å²) in [5, 5.41) is 0.900. The molecule has 0 aliphatic carbocycles. The Kier molecular flexibility index (Phi) is 5.58. The number of benzene rings is 3. The second kappa shape index (κ2) is 7.87. The molecule has 0 aliphatic rings. The van der Waals surface area contributed by atoms with E-state index in [4.69, 9.17) is 22.1 Å². The minimum Gasteiger partial charge on any atom is -0.772 e. The summed E-state index contributed by atoms with van der Waals surface area (Å²) in [6.07, 6.45) is 0. The summed E-state index contributed by atoms with van der Waals surface area (Å²) in [5.74, 6) is 0.732. The summed E-state index contributed by atoms with van der Waals surface area (Å²) in [5.41, 5.74) is 7.61. The number of fused-ring (bicyclic) bond motifs is 1. The van der Waals surface area contributed by atoms with Crippen LogP contribution >= 0.6 is 11.6 Å². The third kappa shape index (κ3) is 3.63. The predicted octanol–water partition coefficient (Wildman–Crippen LogP) is 4.01. The largest absolute Gasteiger partial charge is 0.772 e. The molecule has 2 atom stereocenters. The Hall–Kier alpha value is -2.08. The molecule has 0 radical (unpaired) electrons. The summed E-state index contributed by atoms with van der Waals surface area (Å²) in [6, 6.07) is 18.4. The molecule has 0 fully saturated rings. The van der Waals surface area contributed by atoms with Crippen LogP contribution in [0.15, 0.2) is 60.7 Å². The normalized spacial score (nSPS) is 13.5. The van der Waals surface area contributed by atoms with Gasteiger partial charge in [0.2, 0.25) is 0 Å². The van der Waals surface area contributed by atoms with E-state index in [-0.39, 0.29) is 6.61 Å². The van der Waals surface area contributed by atoms with E-state index >= 15 is 0 Å². The van der Waals surface area contributed by atoms with Crippen LogP contribution in [0.1, 0.15) is 16.4 Å². The van der Waals surface area contributed by atoms with Gasteiger partial charge < -0.3 is 15.0 Å². The van der Waals surface area contributed by atoms with Crippen molar-refractivity contribution in [3.8, 4) is 5.75 Å². The Morgan fingerprint density at radius 1 is 1.08 bits per heavy atom. The van der Waals surface area contributed by atoms with Crippen LogP contribution < -0.4 is 10.5 Å². The Labute approximate surface area is 153 Å². The van der Waals surface area contributed by atoms with E-state index < -0.39 is 16.3 Å². The van der Waals surface area contributed by atoms with E-state index in [9.17, 15) is 8.76 Å². The van der Waals surface area contributed by atoms with Crippen molar-refractivity contribution in [3.63, 3.8) is 0 Å². The monoisotopic (exact) mass is 374 g/mol. The third-order valence-electron chi connectivity index (χ3n) is 4.00. The van der Waals surface area contributed by atoms with Gasteiger partial charge in [0.05, 0.1) is 11.1 Å². The molecule has 0 saturated carbocycles. The van der Waals surface area contributed by atoms with Gasteiger partial charge in [-0.05, 0) is 39.5 Å². The van der Waals surface area contributed by atoms with Crippen LogP contribution in [0.2, 0.25) is 0 Å². The molecule has 3 aromatic rings. The maximum absolute atomic E-state index is 12.2. The standard InChI is InChI=1S/C19H18ClNO3S/c20-11-12-24-17-10-4-9-16(21)18(17)19(25(22)23)15-8-3-6-13-5-1-2-7-14(13)15/h1-10,19H,11-12,21H2,(H,22,23)/p-1. The quantitative estimate of drug-likeness (QED) is 0.402. The molecule has 0 saturated heterocycles. The number of anilines is 1. The molecule has 25 heavy (non-hydrogen) atoms. The Balaban J connectivity index is 2.22. The third-order valence-corrected chi connectivity index (χ3v) is 5.02. The van der Waals surface area contributed by atoms with Crippen LogP contribution in [0.5, 0.6) is 5.75 Å². The van der Waals surface area contributed by atoms with Gasteiger partial charge in [-0.15, -0.1) is 11.6 Å². The lowest BCUT2D eigenvalue weighted by atomic mass is 9.96. The number of halogens is 1. The van der Waals surface area contributed by atoms with Gasteiger partial charge in [-0.1, -0.05) is 48.5 Å². The first-order valence-corrected chi connectivity index (χ1v) is 9.43.